The second kappa shape index (κ2) is 29.4. The maximum absolute atomic E-state index is 12.7. The number of unbranched alkanes of at least 4 members (excludes halogenated alkanes) is 7. The third-order valence-electron chi connectivity index (χ3n) is 9.66. The van der Waals surface area contributed by atoms with E-state index in [0.29, 0.717) is 18.8 Å². The van der Waals surface area contributed by atoms with Crippen LogP contribution < -0.4 is 0 Å². The lowest BCUT2D eigenvalue weighted by Crippen LogP contribution is -2.59. The van der Waals surface area contributed by atoms with Gasteiger partial charge in [0.15, 0.2) is 18.2 Å². The average molecular weight is 761 g/mol. The Morgan fingerprint density at radius 1 is 0.759 bits per heavy atom. The molecule has 0 aromatic rings. The molecular formula is C43H68O11. The zero-order valence-electron chi connectivity index (χ0n) is 32.7. The first-order chi connectivity index (χ1) is 26.2. The fraction of sp³-hybridized carbons (Fsp3) is 0.698. The van der Waals surface area contributed by atoms with Gasteiger partial charge in [0.2, 0.25) is 0 Å². The van der Waals surface area contributed by atoms with Crippen LogP contribution in [0.1, 0.15) is 123 Å². The molecule has 0 radical (unpaired) electrons. The molecule has 1 fully saturated rings. The number of esters is 2. The molecule has 306 valence electrons. The van der Waals surface area contributed by atoms with Gasteiger partial charge in [-0.2, -0.15) is 0 Å². The Morgan fingerprint density at radius 3 is 2.11 bits per heavy atom. The van der Waals surface area contributed by atoms with Gasteiger partial charge in [-0.05, 0) is 76.2 Å². The minimum atomic E-state index is -1.62. The normalized spacial score (nSPS) is 25.1. The summed E-state index contributed by atoms with van der Waals surface area (Å²) in [5.41, 5.74) is 0. The van der Waals surface area contributed by atoms with Crippen LogP contribution in [-0.4, -0.2) is 94.8 Å². The molecule has 0 amide bonds. The highest BCUT2D eigenvalue weighted by molar-refractivity contribution is 5.94. The van der Waals surface area contributed by atoms with Crippen molar-refractivity contribution in [3.8, 4) is 0 Å². The quantitative estimate of drug-likeness (QED) is 0.0372. The van der Waals surface area contributed by atoms with Crippen LogP contribution in [-0.2, 0) is 33.3 Å². The summed E-state index contributed by atoms with van der Waals surface area (Å²) in [6.45, 7) is 3.01. The molecule has 54 heavy (non-hydrogen) atoms. The van der Waals surface area contributed by atoms with Gasteiger partial charge in [-0.3, -0.25) is 14.4 Å². The van der Waals surface area contributed by atoms with E-state index in [1.54, 1.807) is 6.08 Å². The lowest BCUT2D eigenvalue weighted by Gasteiger charge is -2.39. The van der Waals surface area contributed by atoms with Crippen molar-refractivity contribution in [1.29, 1.82) is 0 Å². The first kappa shape index (κ1) is 47.2. The molecule has 1 heterocycles. The highest BCUT2D eigenvalue weighted by Crippen LogP contribution is 2.30. The number of carbonyl (C=O) groups excluding carboxylic acids is 3. The van der Waals surface area contributed by atoms with Crippen LogP contribution in [0, 0.1) is 11.8 Å². The summed E-state index contributed by atoms with van der Waals surface area (Å²) in [7, 11) is 0. The summed E-state index contributed by atoms with van der Waals surface area (Å²) in [6.07, 6.45) is 26.4. The van der Waals surface area contributed by atoms with E-state index < -0.39 is 55.4 Å². The molecule has 0 aromatic carbocycles. The highest BCUT2D eigenvalue weighted by Gasteiger charge is 2.44. The van der Waals surface area contributed by atoms with Crippen LogP contribution in [0.15, 0.2) is 60.8 Å². The van der Waals surface area contributed by atoms with E-state index in [9.17, 15) is 34.8 Å². The third-order valence-corrected chi connectivity index (χ3v) is 9.66. The molecule has 2 rings (SSSR count). The van der Waals surface area contributed by atoms with E-state index in [0.717, 1.165) is 83.5 Å². The van der Waals surface area contributed by atoms with Gasteiger partial charge in [0, 0.05) is 18.8 Å². The van der Waals surface area contributed by atoms with E-state index in [-0.39, 0.29) is 37.8 Å². The number of hydrogen-bond acceptors (Lipinski definition) is 11. The van der Waals surface area contributed by atoms with Gasteiger partial charge in [-0.25, -0.2) is 0 Å². The minimum absolute atomic E-state index is 0.0573. The maximum atomic E-state index is 12.7. The predicted molar refractivity (Wildman–Crippen MR) is 208 cm³/mol. The Balaban J connectivity index is 1.73. The molecule has 1 saturated heterocycles. The number of aliphatic hydroxyl groups excluding tert-OH is 4. The van der Waals surface area contributed by atoms with Crippen LogP contribution >= 0.6 is 0 Å². The first-order valence-corrected chi connectivity index (χ1v) is 20.3. The molecular weight excluding hydrogens is 692 g/mol. The Kier molecular flexibility index (Phi) is 25.7. The van der Waals surface area contributed by atoms with Crippen molar-refractivity contribution in [2.45, 2.75) is 160 Å². The fourth-order valence-corrected chi connectivity index (χ4v) is 6.43. The van der Waals surface area contributed by atoms with Crippen LogP contribution in [0.3, 0.4) is 0 Å². The number of carbonyl (C=O) groups is 3. The Hall–Kier alpha value is -2.93. The molecule has 0 bridgehead atoms. The Labute approximate surface area is 323 Å². The van der Waals surface area contributed by atoms with E-state index in [4.69, 9.17) is 18.9 Å². The Morgan fingerprint density at radius 2 is 1.39 bits per heavy atom. The lowest BCUT2D eigenvalue weighted by atomic mass is 9.87. The summed E-state index contributed by atoms with van der Waals surface area (Å²) in [5, 5.41) is 40.0. The molecule has 1 aliphatic carbocycles. The van der Waals surface area contributed by atoms with Gasteiger partial charge >= 0.3 is 11.9 Å². The molecule has 0 aromatic heterocycles. The fourth-order valence-electron chi connectivity index (χ4n) is 6.43. The zero-order chi connectivity index (χ0) is 39.4. The monoisotopic (exact) mass is 760 g/mol. The molecule has 2 unspecified atom stereocenters. The summed E-state index contributed by atoms with van der Waals surface area (Å²) in [6, 6.07) is 0. The van der Waals surface area contributed by atoms with Crippen LogP contribution in [0.25, 0.3) is 0 Å². The number of ether oxygens (including phenoxy) is 4. The average Bonchev–Trinajstić information content (AvgIpc) is 3.52. The summed E-state index contributed by atoms with van der Waals surface area (Å²) in [5.74, 6) is -0.335. The molecule has 8 atom stereocenters. The van der Waals surface area contributed by atoms with Crippen LogP contribution in [0.2, 0.25) is 0 Å². The van der Waals surface area contributed by atoms with Crippen molar-refractivity contribution in [3.05, 3.63) is 60.8 Å². The van der Waals surface area contributed by atoms with Gasteiger partial charge in [0.25, 0.3) is 0 Å². The molecule has 0 spiro atoms. The molecule has 11 nitrogen and oxygen atoms in total. The van der Waals surface area contributed by atoms with Crippen molar-refractivity contribution >= 4 is 17.7 Å². The molecule has 4 N–H and O–H groups in total. The number of aliphatic hydroxyl groups is 4. The van der Waals surface area contributed by atoms with E-state index >= 15 is 0 Å². The Bertz CT molecular complexity index is 1190. The van der Waals surface area contributed by atoms with Crippen molar-refractivity contribution in [2.75, 3.05) is 19.8 Å². The van der Waals surface area contributed by atoms with Gasteiger partial charge < -0.3 is 39.4 Å². The maximum Gasteiger partial charge on any atom is 0.306 e. The summed E-state index contributed by atoms with van der Waals surface area (Å²) >= 11 is 0. The van der Waals surface area contributed by atoms with Gasteiger partial charge in [0.05, 0.1) is 13.2 Å². The molecule has 0 saturated carbocycles. The highest BCUT2D eigenvalue weighted by atomic mass is 16.7. The largest absolute Gasteiger partial charge is 0.462 e. The van der Waals surface area contributed by atoms with E-state index in [1.807, 2.05) is 0 Å². The topological polar surface area (TPSA) is 169 Å². The molecule has 2 aliphatic rings. The first-order valence-electron chi connectivity index (χ1n) is 20.3. The second-order valence-corrected chi connectivity index (χ2v) is 14.2. The van der Waals surface area contributed by atoms with Gasteiger partial charge in [-0.1, -0.05) is 101 Å². The smallest absolute Gasteiger partial charge is 0.306 e. The van der Waals surface area contributed by atoms with E-state index in [1.165, 1.54) is 0 Å². The molecule has 1 aliphatic heterocycles. The minimum Gasteiger partial charge on any atom is -0.462 e. The SMILES string of the molecule is CC/C=C\CC1C(=O)C=CC1CCCCCCCC(=O)OC[C@H](CO[C@@H]1O[C@H](CO)[C@H](O)[C@H](O)[C@H]1O)OC(=O)CCCCC/C=C/C/C=C/C/C=C/CC. The molecule has 11 heteroatoms. The zero-order valence-corrected chi connectivity index (χ0v) is 32.7. The van der Waals surface area contributed by atoms with Crippen molar-refractivity contribution < 1.29 is 53.8 Å². The second-order valence-electron chi connectivity index (χ2n) is 14.2. The van der Waals surface area contributed by atoms with Crippen molar-refractivity contribution in [3.63, 3.8) is 0 Å². The summed E-state index contributed by atoms with van der Waals surface area (Å²) in [4.78, 5) is 37.5. The lowest BCUT2D eigenvalue weighted by molar-refractivity contribution is -0.305. The number of rotatable bonds is 29. The summed E-state index contributed by atoms with van der Waals surface area (Å²) < 4.78 is 22.0. The third kappa shape index (κ3) is 19.6. The standard InChI is InChI=1S/C43H68O11/c1-3-5-7-8-9-10-11-12-13-14-15-18-23-27-39(47)53-34(32-52-43-42(50)41(49)40(48)37(30-44)54-43)31-51-38(46)26-22-19-16-17-21-24-33-28-29-36(45)35(33)25-20-6-4-2/h5-7,9-10,12-13,20,28-29,33-35,37,40-44,48-50H,3-4,8,11,14-19,21-27,30-32H2,1-2H3/b7-5+,10-9+,13-12+,20-6-/t33?,34-,35?,37-,40+,41+,42-,43-/m1/s1. The van der Waals surface area contributed by atoms with Gasteiger partial charge in [0.1, 0.15) is 31.0 Å². The number of ketones is 1. The predicted octanol–water partition coefficient (Wildman–Crippen LogP) is 6.53. The number of allylic oxidation sites excluding steroid dienone is 10. The van der Waals surface area contributed by atoms with E-state index in [2.05, 4.69) is 68.5 Å². The van der Waals surface area contributed by atoms with Crippen LogP contribution in [0.4, 0.5) is 0 Å². The van der Waals surface area contributed by atoms with Crippen molar-refractivity contribution in [2.24, 2.45) is 11.8 Å². The van der Waals surface area contributed by atoms with Crippen molar-refractivity contribution in [1.82, 2.24) is 0 Å². The number of hydrogen-bond donors (Lipinski definition) is 4. The van der Waals surface area contributed by atoms with Gasteiger partial charge in [-0.15, -0.1) is 0 Å². The van der Waals surface area contributed by atoms with Crippen LogP contribution in [0.5, 0.6) is 0 Å².